The number of aliphatic hydroxyl groups excluding tert-OH is 1. The summed E-state index contributed by atoms with van der Waals surface area (Å²) in [5.41, 5.74) is 2.27. The van der Waals surface area contributed by atoms with Gasteiger partial charge in [-0.05, 0) is 38.5 Å². The van der Waals surface area contributed by atoms with E-state index in [1.165, 1.54) is 16.9 Å². The molecule has 0 radical (unpaired) electrons. The van der Waals surface area contributed by atoms with Crippen molar-refractivity contribution in [3.8, 4) is 0 Å². The first-order chi connectivity index (χ1) is 8.79. The van der Waals surface area contributed by atoms with E-state index in [1.807, 2.05) is 18.2 Å². The molecule has 102 valence electrons. The highest BCUT2D eigenvalue weighted by molar-refractivity contribution is 9.10. The summed E-state index contributed by atoms with van der Waals surface area (Å²) in [6.45, 7) is 6.53. The van der Waals surface area contributed by atoms with Crippen LogP contribution < -0.4 is 0 Å². The molecule has 1 heterocycles. The average molecular weight is 360 g/mol. The van der Waals surface area contributed by atoms with E-state index in [-0.39, 0.29) is 5.41 Å². The molecule has 0 spiro atoms. The van der Waals surface area contributed by atoms with E-state index < -0.39 is 6.10 Å². The van der Waals surface area contributed by atoms with Crippen molar-refractivity contribution >= 4 is 38.9 Å². The van der Waals surface area contributed by atoms with Crippen LogP contribution in [0.4, 0.5) is 0 Å². The van der Waals surface area contributed by atoms with Gasteiger partial charge in [-0.3, -0.25) is 0 Å². The van der Waals surface area contributed by atoms with Crippen molar-refractivity contribution in [2.24, 2.45) is 0 Å². The van der Waals surface area contributed by atoms with Crippen molar-refractivity contribution < 1.29 is 5.11 Å². The van der Waals surface area contributed by atoms with Gasteiger partial charge < -0.3 is 5.11 Å². The molecule has 2 rings (SSSR count). The van der Waals surface area contributed by atoms with Crippen molar-refractivity contribution in [1.29, 1.82) is 0 Å². The molecular weight excluding hydrogens is 344 g/mol. The fourth-order valence-electron chi connectivity index (χ4n) is 1.83. The van der Waals surface area contributed by atoms with Crippen LogP contribution in [0.3, 0.4) is 0 Å². The summed E-state index contributed by atoms with van der Waals surface area (Å²) in [7, 11) is 0. The van der Waals surface area contributed by atoms with Gasteiger partial charge in [0.2, 0.25) is 0 Å². The number of hydrogen-bond acceptors (Lipinski definition) is 2. The molecule has 1 atom stereocenters. The molecule has 0 saturated heterocycles. The standard InChI is InChI=1S/C15H16BrClOS/c1-15(2,3)10-6-4-9(5-7-10)13(18)12-8-11(16)14(17)19-12/h4-8,13,18H,1-3H3. The zero-order valence-electron chi connectivity index (χ0n) is 11.1. The zero-order valence-corrected chi connectivity index (χ0v) is 14.2. The van der Waals surface area contributed by atoms with Crippen molar-refractivity contribution in [3.05, 3.63) is 55.1 Å². The normalized spacial score (nSPS) is 13.6. The van der Waals surface area contributed by atoms with Crippen LogP contribution in [0, 0.1) is 0 Å². The fraction of sp³-hybridized carbons (Fsp3) is 0.333. The van der Waals surface area contributed by atoms with Crippen molar-refractivity contribution in [3.63, 3.8) is 0 Å². The Kier molecular flexibility index (Phi) is 4.41. The van der Waals surface area contributed by atoms with Crippen LogP contribution in [-0.2, 0) is 5.41 Å². The second-order valence-electron chi connectivity index (χ2n) is 5.54. The Labute approximate surface area is 131 Å². The second-order valence-corrected chi connectivity index (χ2v) is 8.09. The molecule has 0 aliphatic heterocycles. The first-order valence-corrected chi connectivity index (χ1v) is 8.01. The molecule has 19 heavy (non-hydrogen) atoms. The highest BCUT2D eigenvalue weighted by Gasteiger charge is 2.17. The van der Waals surface area contributed by atoms with E-state index in [0.29, 0.717) is 4.34 Å². The Hall–Kier alpha value is -0.350. The summed E-state index contributed by atoms with van der Waals surface area (Å²) >= 11 is 10.8. The fourth-order valence-corrected chi connectivity index (χ4v) is 3.58. The minimum atomic E-state index is -0.622. The van der Waals surface area contributed by atoms with Gasteiger partial charge in [0, 0.05) is 9.35 Å². The van der Waals surface area contributed by atoms with Gasteiger partial charge in [0.15, 0.2) is 0 Å². The molecule has 0 saturated carbocycles. The Morgan fingerprint density at radius 1 is 1.21 bits per heavy atom. The van der Waals surface area contributed by atoms with Crippen LogP contribution in [0.5, 0.6) is 0 Å². The van der Waals surface area contributed by atoms with Gasteiger partial charge in [-0.2, -0.15) is 0 Å². The first kappa shape index (κ1) is 15.0. The SMILES string of the molecule is CC(C)(C)c1ccc(C(O)c2cc(Br)c(Cl)s2)cc1. The minimum absolute atomic E-state index is 0.124. The Morgan fingerprint density at radius 2 is 1.79 bits per heavy atom. The second kappa shape index (κ2) is 5.57. The summed E-state index contributed by atoms with van der Waals surface area (Å²) in [5.74, 6) is 0. The average Bonchev–Trinajstić information content (AvgIpc) is 2.68. The van der Waals surface area contributed by atoms with E-state index in [2.05, 4.69) is 48.8 Å². The van der Waals surface area contributed by atoms with E-state index in [4.69, 9.17) is 11.6 Å². The van der Waals surface area contributed by atoms with Crippen LogP contribution in [0.15, 0.2) is 34.8 Å². The van der Waals surface area contributed by atoms with E-state index in [1.54, 1.807) is 0 Å². The monoisotopic (exact) mass is 358 g/mol. The summed E-state index contributed by atoms with van der Waals surface area (Å²) < 4.78 is 1.50. The Balaban J connectivity index is 2.27. The van der Waals surface area contributed by atoms with Crippen molar-refractivity contribution in [2.45, 2.75) is 32.3 Å². The van der Waals surface area contributed by atoms with Gasteiger partial charge in [0.25, 0.3) is 0 Å². The lowest BCUT2D eigenvalue weighted by molar-refractivity contribution is 0.224. The summed E-state index contributed by atoms with van der Waals surface area (Å²) in [6, 6.07) is 9.97. The first-order valence-electron chi connectivity index (χ1n) is 6.02. The van der Waals surface area contributed by atoms with Gasteiger partial charge in [-0.25, -0.2) is 0 Å². The highest BCUT2D eigenvalue weighted by Crippen LogP contribution is 2.37. The summed E-state index contributed by atoms with van der Waals surface area (Å²) in [4.78, 5) is 0.848. The van der Waals surface area contributed by atoms with E-state index in [9.17, 15) is 5.11 Å². The molecule has 1 nitrogen and oxygen atoms in total. The lowest BCUT2D eigenvalue weighted by Crippen LogP contribution is -2.11. The molecule has 0 aliphatic carbocycles. The maximum atomic E-state index is 10.4. The zero-order chi connectivity index (χ0) is 14.2. The smallest absolute Gasteiger partial charge is 0.113 e. The number of aliphatic hydroxyl groups is 1. The van der Waals surface area contributed by atoms with Gasteiger partial charge in [0.05, 0.1) is 0 Å². The molecule has 1 N–H and O–H groups in total. The maximum Gasteiger partial charge on any atom is 0.113 e. The number of halogens is 2. The number of rotatable bonds is 2. The Morgan fingerprint density at radius 3 is 2.21 bits per heavy atom. The minimum Gasteiger partial charge on any atom is -0.383 e. The molecule has 0 fully saturated rings. The number of hydrogen-bond donors (Lipinski definition) is 1. The quantitative estimate of drug-likeness (QED) is 0.746. The third-order valence-electron chi connectivity index (χ3n) is 3.03. The van der Waals surface area contributed by atoms with Crippen LogP contribution in [0.25, 0.3) is 0 Å². The van der Waals surface area contributed by atoms with Gasteiger partial charge in [-0.15, -0.1) is 11.3 Å². The van der Waals surface area contributed by atoms with Crippen LogP contribution in [0.1, 0.15) is 42.9 Å². The van der Waals surface area contributed by atoms with Gasteiger partial charge in [0.1, 0.15) is 10.4 Å². The van der Waals surface area contributed by atoms with Gasteiger partial charge in [-0.1, -0.05) is 56.6 Å². The molecular formula is C15H16BrClOS. The third-order valence-corrected chi connectivity index (χ3v) is 5.55. The molecule has 0 aliphatic rings. The van der Waals surface area contributed by atoms with Crippen LogP contribution in [0.2, 0.25) is 4.34 Å². The number of thiophene rings is 1. The Bertz CT molecular complexity index is 549. The molecule has 1 unspecified atom stereocenters. The highest BCUT2D eigenvalue weighted by atomic mass is 79.9. The lowest BCUT2D eigenvalue weighted by atomic mass is 9.86. The van der Waals surface area contributed by atoms with E-state index >= 15 is 0 Å². The molecule has 0 amide bonds. The number of benzene rings is 1. The summed E-state index contributed by atoms with van der Waals surface area (Å²) in [6.07, 6.45) is -0.622. The molecule has 1 aromatic heterocycles. The van der Waals surface area contributed by atoms with E-state index in [0.717, 1.165) is 14.9 Å². The third kappa shape index (κ3) is 3.40. The maximum absolute atomic E-state index is 10.4. The predicted molar refractivity (Wildman–Crippen MR) is 86.2 cm³/mol. The van der Waals surface area contributed by atoms with Crippen LogP contribution in [-0.4, -0.2) is 5.11 Å². The van der Waals surface area contributed by atoms with Crippen LogP contribution >= 0.6 is 38.9 Å². The van der Waals surface area contributed by atoms with Crippen molar-refractivity contribution in [2.75, 3.05) is 0 Å². The summed E-state index contributed by atoms with van der Waals surface area (Å²) in [5, 5.41) is 10.4. The largest absolute Gasteiger partial charge is 0.383 e. The molecule has 1 aromatic carbocycles. The topological polar surface area (TPSA) is 20.2 Å². The molecule has 2 aromatic rings. The van der Waals surface area contributed by atoms with Crippen molar-refractivity contribution in [1.82, 2.24) is 0 Å². The van der Waals surface area contributed by atoms with Gasteiger partial charge >= 0.3 is 0 Å². The lowest BCUT2D eigenvalue weighted by Gasteiger charge is -2.19. The predicted octanol–water partition coefficient (Wildman–Crippen LogP) is 5.54. The molecule has 4 heteroatoms. The molecule has 0 bridgehead atoms.